The summed E-state index contributed by atoms with van der Waals surface area (Å²) in [6.45, 7) is 3.86. The molecule has 0 radical (unpaired) electrons. The van der Waals surface area contributed by atoms with Crippen LogP contribution in [0.2, 0.25) is 0 Å². The molecule has 18 heavy (non-hydrogen) atoms. The summed E-state index contributed by atoms with van der Waals surface area (Å²) in [4.78, 5) is 0. The highest BCUT2D eigenvalue weighted by Crippen LogP contribution is 2.39. The maximum Gasteiger partial charge on any atom is 0.120 e. The summed E-state index contributed by atoms with van der Waals surface area (Å²) in [5.41, 5.74) is 2.20. The molecule has 1 aliphatic carbocycles. The van der Waals surface area contributed by atoms with Crippen LogP contribution >= 0.6 is 11.8 Å². The number of phenols is 1. The molecule has 1 saturated carbocycles. The maximum absolute atomic E-state index is 9.80. The number of hydrogen-bond donors (Lipinski definition) is 2. The number of nitrogens with one attached hydrogen (secondary N) is 1. The highest BCUT2D eigenvalue weighted by molar-refractivity contribution is 8.00. The van der Waals surface area contributed by atoms with Crippen LogP contribution in [-0.2, 0) is 6.54 Å². The van der Waals surface area contributed by atoms with Crippen LogP contribution in [-0.4, -0.2) is 22.7 Å². The first-order valence-electron chi connectivity index (χ1n) is 6.70. The summed E-state index contributed by atoms with van der Waals surface area (Å²) in [6, 6.07) is 5.79. The van der Waals surface area contributed by atoms with E-state index in [4.69, 9.17) is 0 Å². The first-order chi connectivity index (χ1) is 8.65. The quantitative estimate of drug-likeness (QED) is 0.855. The average Bonchev–Trinajstić information content (AvgIpc) is 2.83. The number of benzene rings is 1. The fourth-order valence-electron chi connectivity index (χ4n) is 2.75. The van der Waals surface area contributed by atoms with Gasteiger partial charge in [0.25, 0.3) is 0 Å². The molecule has 2 rings (SSSR count). The minimum atomic E-state index is 0.401. The summed E-state index contributed by atoms with van der Waals surface area (Å²) in [5, 5.41) is 13.3. The smallest absolute Gasteiger partial charge is 0.120 e. The Morgan fingerprint density at radius 2 is 2.06 bits per heavy atom. The van der Waals surface area contributed by atoms with Gasteiger partial charge in [-0.25, -0.2) is 0 Å². The average molecular weight is 265 g/mol. The Kier molecular flexibility index (Phi) is 4.57. The molecule has 2 N–H and O–H groups in total. The highest BCUT2D eigenvalue weighted by atomic mass is 32.2. The van der Waals surface area contributed by atoms with E-state index in [-0.39, 0.29) is 0 Å². The lowest BCUT2D eigenvalue weighted by Crippen LogP contribution is -2.34. The van der Waals surface area contributed by atoms with E-state index in [9.17, 15) is 5.11 Å². The second-order valence-electron chi connectivity index (χ2n) is 5.33. The predicted molar refractivity (Wildman–Crippen MR) is 79.3 cm³/mol. The van der Waals surface area contributed by atoms with E-state index < -0.39 is 0 Å². The Balaban J connectivity index is 1.89. The van der Waals surface area contributed by atoms with Gasteiger partial charge < -0.3 is 10.4 Å². The zero-order chi connectivity index (χ0) is 13.0. The van der Waals surface area contributed by atoms with Gasteiger partial charge in [0.2, 0.25) is 0 Å². The SMILES string of the molecule is CSC1(CNCc2cc(C)ccc2O)CCCC1. The van der Waals surface area contributed by atoms with Crippen molar-refractivity contribution in [2.75, 3.05) is 12.8 Å². The molecule has 0 aromatic heterocycles. The van der Waals surface area contributed by atoms with Crippen molar-refractivity contribution in [2.45, 2.75) is 43.9 Å². The predicted octanol–water partition coefficient (Wildman–Crippen LogP) is 3.47. The van der Waals surface area contributed by atoms with E-state index in [1.165, 1.54) is 31.2 Å². The molecule has 0 saturated heterocycles. The lowest BCUT2D eigenvalue weighted by Gasteiger charge is -2.27. The van der Waals surface area contributed by atoms with Crippen LogP contribution in [0.4, 0.5) is 0 Å². The van der Waals surface area contributed by atoms with Crippen LogP contribution in [0.25, 0.3) is 0 Å². The summed E-state index contributed by atoms with van der Waals surface area (Å²) in [5.74, 6) is 0.401. The van der Waals surface area contributed by atoms with Crippen molar-refractivity contribution in [2.24, 2.45) is 0 Å². The molecule has 1 aromatic rings. The number of thioether (sulfide) groups is 1. The molecule has 0 aliphatic heterocycles. The Morgan fingerprint density at radius 1 is 1.33 bits per heavy atom. The monoisotopic (exact) mass is 265 g/mol. The molecule has 1 aliphatic rings. The third kappa shape index (κ3) is 3.21. The Hall–Kier alpha value is -0.670. The largest absolute Gasteiger partial charge is 0.508 e. The van der Waals surface area contributed by atoms with E-state index >= 15 is 0 Å². The minimum Gasteiger partial charge on any atom is -0.508 e. The molecule has 3 heteroatoms. The van der Waals surface area contributed by atoms with Crippen molar-refractivity contribution >= 4 is 11.8 Å². The standard InChI is InChI=1S/C15H23NOS/c1-12-5-6-14(17)13(9-12)10-16-11-15(18-2)7-3-4-8-15/h5-6,9,16-17H,3-4,7-8,10-11H2,1-2H3. The second kappa shape index (κ2) is 5.98. The molecule has 0 bridgehead atoms. The van der Waals surface area contributed by atoms with Crippen LogP contribution in [0.1, 0.15) is 36.8 Å². The van der Waals surface area contributed by atoms with Gasteiger partial charge in [0.15, 0.2) is 0 Å². The van der Waals surface area contributed by atoms with Crippen molar-refractivity contribution in [1.82, 2.24) is 5.32 Å². The number of rotatable bonds is 5. The summed E-state index contributed by atoms with van der Waals surface area (Å²) in [6.07, 6.45) is 7.58. The lowest BCUT2D eigenvalue weighted by molar-refractivity contribution is 0.460. The van der Waals surface area contributed by atoms with E-state index in [1.807, 2.05) is 17.8 Å². The van der Waals surface area contributed by atoms with Crippen molar-refractivity contribution in [3.63, 3.8) is 0 Å². The van der Waals surface area contributed by atoms with Gasteiger partial charge in [0.1, 0.15) is 5.75 Å². The van der Waals surface area contributed by atoms with E-state index in [2.05, 4.69) is 24.6 Å². The normalized spacial score (nSPS) is 18.1. The zero-order valence-corrected chi connectivity index (χ0v) is 12.1. The maximum atomic E-state index is 9.80. The van der Waals surface area contributed by atoms with Crippen LogP contribution in [0.15, 0.2) is 18.2 Å². The molecule has 1 aromatic carbocycles. The molecule has 0 amide bonds. The van der Waals surface area contributed by atoms with Gasteiger partial charge in [-0.2, -0.15) is 11.8 Å². The first kappa shape index (κ1) is 13.8. The van der Waals surface area contributed by atoms with Gasteiger partial charge in [-0.05, 0) is 32.1 Å². The van der Waals surface area contributed by atoms with Crippen molar-refractivity contribution in [1.29, 1.82) is 0 Å². The Bertz CT molecular complexity index is 399. The fourth-order valence-corrected chi connectivity index (χ4v) is 3.70. The van der Waals surface area contributed by atoms with Crippen LogP contribution < -0.4 is 5.32 Å². The van der Waals surface area contributed by atoms with Crippen molar-refractivity contribution in [3.8, 4) is 5.75 Å². The van der Waals surface area contributed by atoms with Gasteiger partial charge in [0.05, 0.1) is 0 Å². The molecule has 1 fully saturated rings. The third-order valence-electron chi connectivity index (χ3n) is 3.95. The molecular weight excluding hydrogens is 242 g/mol. The van der Waals surface area contributed by atoms with E-state index in [0.717, 1.165) is 18.7 Å². The number of aromatic hydroxyl groups is 1. The number of aryl methyl sites for hydroxylation is 1. The van der Waals surface area contributed by atoms with Crippen LogP contribution in [0, 0.1) is 6.92 Å². The summed E-state index contributed by atoms with van der Waals surface area (Å²) < 4.78 is 0.430. The van der Waals surface area contributed by atoms with Gasteiger partial charge in [-0.15, -0.1) is 0 Å². The summed E-state index contributed by atoms with van der Waals surface area (Å²) in [7, 11) is 0. The fraction of sp³-hybridized carbons (Fsp3) is 0.600. The van der Waals surface area contributed by atoms with Crippen LogP contribution in [0.5, 0.6) is 5.75 Å². The van der Waals surface area contributed by atoms with E-state index in [0.29, 0.717) is 10.5 Å². The molecule has 0 spiro atoms. The number of hydrogen-bond acceptors (Lipinski definition) is 3. The van der Waals surface area contributed by atoms with E-state index in [1.54, 1.807) is 6.07 Å². The first-order valence-corrected chi connectivity index (χ1v) is 7.92. The van der Waals surface area contributed by atoms with Gasteiger partial charge in [0, 0.05) is 23.4 Å². The Labute approximate surface area is 114 Å². The second-order valence-corrected chi connectivity index (χ2v) is 6.60. The molecule has 100 valence electrons. The van der Waals surface area contributed by atoms with Crippen molar-refractivity contribution in [3.05, 3.63) is 29.3 Å². The van der Waals surface area contributed by atoms with Crippen LogP contribution in [0.3, 0.4) is 0 Å². The minimum absolute atomic E-state index is 0.401. The van der Waals surface area contributed by atoms with Gasteiger partial charge >= 0.3 is 0 Å². The third-order valence-corrected chi connectivity index (χ3v) is 5.36. The Morgan fingerprint density at radius 3 is 2.72 bits per heavy atom. The number of phenolic OH excluding ortho intramolecular Hbond substituents is 1. The molecule has 0 unspecified atom stereocenters. The lowest BCUT2D eigenvalue weighted by atomic mass is 10.1. The summed E-state index contributed by atoms with van der Waals surface area (Å²) >= 11 is 2.00. The topological polar surface area (TPSA) is 32.3 Å². The highest BCUT2D eigenvalue weighted by Gasteiger charge is 2.32. The van der Waals surface area contributed by atoms with Gasteiger partial charge in [-0.3, -0.25) is 0 Å². The van der Waals surface area contributed by atoms with Gasteiger partial charge in [-0.1, -0.05) is 30.5 Å². The molecular formula is C15H23NOS. The zero-order valence-electron chi connectivity index (χ0n) is 11.3. The molecule has 0 heterocycles. The molecule has 2 nitrogen and oxygen atoms in total. The van der Waals surface area contributed by atoms with Crippen molar-refractivity contribution < 1.29 is 5.11 Å². The molecule has 0 atom stereocenters.